The van der Waals surface area contributed by atoms with Gasteiger partial charge in [0.05, 0.1) is 12.1 Å². The van der Waals surface area contributed by atoms with Gasteiger partial charge in [-0.25, -0.2) is 4.68 Å². The van der Waals surface area contributed by atoms with E-state index >= 15 is 0 Å². The highest BCUT2D eigenvalue weighted by Gasteiger charge is 2.19. The van der Waals surface area contributed by atoms with E-state index < -0.39 is 11.7 Å². The molecule has 0 aliphatic carbocycles. The monoisotopic (exact) mass is 391 g/mol. The fraction of sp³-hybridized carbons (Fsp3) is 0.143. The van der Waals surface area contributed by atoms with Crippen LogP contribution < -0.4 is 16.4 Å². The van der Waals surface area contributed by atoms with Gasteiger partial charge in [-0.3, -0.25) is 14.4 Å². The normalized spacial score (nSPS) is 10.4. The molecule has 2 aromatic carbocycles. The molecule has 2 amide bonds. The van der Waals surface area contributed by atoms with Crippen LogP contribution in [0.3, 0.4) is 0 Å². The minimum Gasteiger partial charge on any atom is -0.399 e. The number of anilines is 3. The van der Waals surface area contributed by atoms with Crippen molar-refractivity contribution in [1.29, 1.82) is 0 Å². The second kappa shape index (κ2) is 8.83. The van der Waals surface area contributed by atoms with E-state index in [4.69, 9.17) is 5.73 Å². The molecular formula is C21H21N5O3. The molecule has 0 radical (unpaired) electrons. The maximum atomic E-state index is 12.6. The number of Topliss-reactive ketones (excluding diaryl/α,β-unsaturated/α-hetero) is 1. The Morgan fingerprint density at radius 2 is 1.66 bits per heavy atom. The molecule has 29 heavy (non-hydrogen) atoms. The van der Waals surface area contributed by atoms with Crippen molar-refractivity contribution in [2.45, 2.75) is 19.8 Å². The standard InChI is InChI=1S/C21H21N5O3/c1-2-20(28)24-19-12-17(25-26(19)16-6-4-3-5-7-16)18(27)13-21(29)23-15-10-8-14(22)9-11-15/h3-12H,2,13,22H2,1H3,(H,23,29)(H,24,28). The molecule has 0 atom stereocenters. The smallest absolute Gasteiger partial charge is 0.232 e. The minimum atomic E-state index is -0.465. The van der Waals surface area contributed by atoms with Crippen LogP contribution in [-0.2, 0) is 9.59 Å². The summed E-state index contributed by atoms with van der Waals surface area (Å²) in [6.45, 7) is 1.73. The number of carbonyl (C=O) groups excluding carboxylic acids is 3. The summed E-state index contributed by atoms with van der Waals surface area (Å²) < 4.78 is 1.47. The first-order chi connectivity index (χ1) is 14.0. The zero-order chi connectivity index (χ0) is 20.8. The third kappa shape index (κ3) is 5.07. The summed E-state index contributed by atoms with van der Waals surface area (Å²) in [5, 5.41) is 9.67. The first kappa shape index (κ1) is 19.8. The number of aromatic nitrogens is 2. The average Bonchev–Trinajstić information content (AvgIpc) is 3.14. The van der Waals surface area contributed by atoms with Crippen LogP contribution in [0.5, 0.6) is 0 Å². The van der Waals surface area contributed by atoms with Crippen LogP contribution in [0.25, 0.3) is 5.69 Å². The van der Waals surface area contributed by atoms with Gasteiger partial charge in [-0.2, -0.15) is 5.10 Å². The number of benzene rings is 2. The average molecular weight is 391 g/mol. The molecule has 0 bridgehead atoms. The van der Waals surface area contributed by atoms with E-state index in [1.165, 1.54) is 10.7 Å². The van der Waals surface area contributed by atoms with Crippen molar-refractivity contribution in [3.63, 3.8) is 0 Å². The first-order valence-corrected chi connectivity index (χ1v) is 9.10. The van der Waals surface area contributed by atoms with Crippen molar-refractivity contribution in [2.75, 3.05) is 16.4 Å². The van der Waals surface area contributed by atoms with E-state index in [2.05, 4.69) is 15.7 Å². The molecule has 8 nitrogen and oxygen atoms in total. The van der Waals surface area contributed by atoms with Crippen LogP contribution in [0.1, 0.15) is 30.3 Å². The van der Waals surface area contributed by atoms with Crippen LogP contribution in [0, 0.1) is 0 Å². The molecule has 0 saturated heterocycles. The second-order valence-electron chi connectivity index (χ2n) is 6.33. The van der Waals surface area contributed by atoms with Gasteiger partial charge in [-0.05, 0) is 36.4 Å². The van der Waals surface area contributed by atoms with Crippen molar-refractivity contribution < 1.29 is 14.4 Å². The predicted octanol–water partition coefficient (Wildman–Crippen LogP) is 3.01. The number of rotatable bonds is 7. The number of nitrogens with one attached hydrogen (secondary N) is 2. The number of amides is 2. The van der Waals surface area contributed by atoms with E-state index in [-0.39, 0.29) is 24.4 Å². The molecule has 0 saturated carbocycles. The van der Waals surface area contributed by atoms with Gasteiger partial charge in [0.25, 0.3) is 0 Å². The van der Waals surface area contributed by atoms with Gasteiger partial charge >= 0.3 is 0 Å². The zero-order valence-corrected chi connectivity index (χ0v) is 15.9. The number of nitrogens with two attached hydrogens (primary N) is 1. The molecule has 0 aliphatic rings. The summed E-state index contributed by atoms with van der Waals surface area (Å²) in [6.07, 6.45) is -0.0927. The Hall–Kier alpha value is -3.94. The van der Waals surface area contributed by atoms with Gasteiger partial charge < -0.3 is 16.4 Å². The minimum absolute atomic E-state index is 0.0905. The Labute approximate surface area is 167 Å². The predicted molar refractivity (Wildman–Crippen MR) is 111 cm³/mol. The highest BCUT2D eigenvalue weighted by molar-refractivity contribution is 6.10. The lowest BCUT2D eigenvalue weighted by molar-refractivity contribution is -0.116. The molecule has 148 valence electrons. The number of hydrogen-bond donors (Lipinski definition) is 3. The second-order valence-corrected chi connectivity index (χ2v) is 6.33. The Bertz CT molecular complexity index is 1030. The van der Waals surface area contributed by atoms with Crippen LogP contribution in [-0.4, -0.2) is 27.4 Å². The summed E-state index contributed by atoms with van der Waals surface area (Å²) in [5.74, 6) is -0.764. The van der Waals surface area contributed by atoms with Gasteiger partial charge in [-0.1, -0.05) is 25.1 Å². The van der Waals surface area contributed by atoms with Gasteiger partial charge in [0.15, 0.2) is 5.78 Å². The van der Waals surface area contributed by atoms with E-state index in [9.17, 15) is 14.4 Å². The molecule has 4 N–H and O–H groups in total. The topological polar surface area (TPSA) is 119 Å². The summed E-state index contributed by atoms with van der Waals surface area (Å²) in [5.41, 5.74) is 7.51. The number of nitrogen functional groups attached to an aromatic ring is 1. The Morgan fingerprint density at radius 1 is 0.966 bits per heavy atom. The van der Waals surface area contributed by atoms with Gasteiger partial charge in [0.1, 0.15) is 11.5 Å². The Balaban J connectivity index is 1.78. The van der Waals surface area contributed by atoms with Crippen molar-refractivity contribution >= 4 is 34.8 Å². The third-order valence-electron chi connectivity index (χ3n) is 4.10. The Morgan fingerprint density at radius 3 is 2.31 bits per heavy atom. The van der Waals surface area contributed by atoms with Crippen molar-refractivity contribution in [2.24, 2.45) is 0 Å². The van der Waals surface area contributed by atoms with Crippen molar-refractivity contribution in [3.05, 3.63) is 66.4 Å². The maximum Gasteiger partial charge on any atom is 0.232 e. The molecular weight excluding hydrogens is 370 g/mol. The number of carbonyl (C=O) groups is 3. The number of para-hydroxylation sites is 1. The van der Waals surface area contributed by atoms with E-state index in [0.29, 0.717) is 22.9 Å². The first-order valence-electron chi connectivity index (χ1n) is 9.10. The molecule has 8 heteroatoms. The van der Waals surface area contributed by atoms with Crippen LogP contribution >= 0.6 is 0 Å². The number of ketones is 1. The van der Waals surface area contributed by atoms with Crippen molar-refractivity contribution in [3.8, 4) is 5.69 Å². The summed E-state index contributed by atoms with van der Waals surface area (Å²) in [4.78, 5) is 36.6. The molecule has 1 aromatic heterocycles. The summed E-state index contributed by atoms with van der Waals surface area (Å²) in [7, 11) is 0. The van der Waals surface area contributed by atoms with E-state index in [0.717, 1.165) is 0 Å². The van der Waals surface area contributed by atoms with Crippen molar-refractivity contribution in [1.82, 2.24) is 9.78 Å². The molecule has 3 aromatic rings. The van der Waals surface area contributed by atoms with Crippen LogP contribution in [0.4, 0.5) is 17.2 Å². The fourth-order valence-electron chi connectivity index (χ4n) is 2.61. The highest BCUT2D eigenvalue weighted by Crippen LogP contribution is 2.19. The quantitative estimate of drug-likeness (QED) is 0.325. The molecule has 1 heterocycles. The lowest BCUT2D eigenvalue weighted by Crippen LogP contribution is -2.17. The molecule has 0 fully saturated rings. The maximum absolute atomic E-state index is 12.6. The SMILES string of the molecule is CCC(=O)Nc1cc(C(=O)CC(=O)Nc2ccc(N)cc2)nn1-c1ccccc1. The lowest BCUT2D eigenvalue weighted by atomic mass is 10.2. The highest BCUT2D eigenvalue weighted by atomic mass is 16.2. The van der Waals surface area contributed by atoms with Gasteiger partial charge in [0.2, 0.25) is 11.8 Å². The largest absolute Gasteiger partial charge is 0.399 e. The van der Waals surface area contributed by atoms with Crippen LogP contribution in [0.15, 0.2) is 60.7 Å². The Kier molecular flexibility index (Phi) is 6.03. The summed E-state index contributed by atoms with van der Waals surface area (Å²) >= 11 is 0. The van der Waals surface area contributed by atoms with Gasteiger partial charge in [0, 0.05) is 23.9 Å². The molecule has 0 unspecified atom stereocenters. The number of hydrogen-bond acceptors (Lipinski definition) is 5. The fourth-order valence-corrected chi connectivity index (χ4v) is 2.61. The van der Waals surface area contributed by atoms with Crippen LogP contribution in [0.2, 0.25) is 0 Å². The molecule has 3 rings (SSSR count). The van der Waals surface area contributed by atoms with E-state index in [1.807, 2.05) is 18.2 Å². The summed E-state index contributed by atoms with van der Waals surface area (Å²) in [6, 6.07) is 17.2. The lowest BCUT2D eigenvalue weighted by Gasteiger charge is -2.07. The third-order valence-corrected chi connectivity index (χ3v) is 4.10. The van der Waals surface area contributed by atoms with E-state index in [1.54, 1.807) is 43.3 Å². The zero-order valence-electron chi connectivity index (χ0n) is 15.9. The molecule has 0 spiro atoms. The van der Waals surface area contributed by atoms with Gasteiger partial charge in [-0.15, -0.1) is 0 Å². The molecule has 0 aliphatic heterocycles. The number of nitrogens with zero attached hydrogens (tertiary/aromatic N) is 2.